The van der Waals surface area contributed by atoms with Crippen LogP contribution in [-0.4, -0.2) is 106 Å². The third kappa shape index (κ3) is 5.66. The molecule has 1 aromatic heterocycles. The maximum Gasteiger partial charge on any atom is 0.251 e. The van der Waals surface area contributed by atoms with E-state index < -0.39 is 0 Å². The van der Waals surface area contributed by atoms with Crippen molar-refractivity contribution in [2.75, 3.05) is 83.7 Å². The Morgan fingerprint density at radius 3 is 2.45 bits per heavy atom. The van der Waals surface area contributed by atoms with Crippen molar-refractivity contribution in [3.63, 3.8) is 0 Å². The molecule has 160 valence electrons. The third-order valence-corrected chi connectivity index (χ3v) is 6.18. The molecule has 8 nitrogen and oxygen atoms in total. The van der Waals surface area contributed by atoms with Gasteiger partial charge in [0, 0.05) is 70.2 Å². The number of nitrogens with zero attached hydrogens (tertiary/aromatic N) is 4. The van der Waals surface area contributed by atoms with Crippen LogP contribution in [0.15, 0.2) is 18.3 Å². The van der Waals surface area contributed by atoms with E-state index in [0.29, 0.717) is 18.2 Å². The Morgan fingerprint density at radius 2 is 1.72 bits per heavy atom. The van der Waals surface area contributed by atoms with Crippen LogP contribution in [0.5, 0.6) is 0 Å². The van der Waals surface area contributed by atoms with E-state index in [2.05, 4.69) is 25.0 Å². The molecule has 3 aliphatic heterocycles. The van der Waals surface area contributed by atoms with Crippen LogP contribution in [-0.2, 0) is 9.47 Å². The van der Waals surface area contributed by atoms with Crippen molar-refractivity contribution in [2.24, 2.45) is 0 Å². The number of nitrogens with one attached hydrogen (secondary N) is 1. The van der Waals surface area contributed by atoms with Gasteiger partial charge in [-0.15, -0.1) is 0 Å². The molecule has 0 saturated carbocycles. The third-order valence-electron chi connectivity index (χ3n) is 6.18. The van der Waals surface area contributed by atoms with Gasteiger partial charge in [0.25, 0.3) is 5.91 Å². The summed E-state index contributed by atoms with van der Waals surface area (Å²) in [5, 5.41) is 3.04. The van der Waals surface area contributed by atoms with E-state index in [1.807, 2.05) is 6.07 Å². The van der Waals surface area contributed by atoms with Crippen LogP contribution in [0, 0.1) is 0 Å². The van der Waals surface area contributed by atoms with E-state index in [1.54, 1.807) is 12.3 Å². The number of amides is 1. The number of pyridine rings is 1. The van der Waals surface area contributed by atoms with Crippen molar-refractivity contribution >= 4 is 11.7 Å². The standard InChI is InChI=1S/C21H33N5O3/c27-21(23-5-8-24-9-13-28-14-10-24)18-1-4-22-20(17-18)26-6-2-19(3-7-26)25-11-15-29-16-12-25/h1,4,17,19H,2-3,5-16H2,(H,23,27). The SMILES string of the molecule is O=C(NCCN1CCOCC1)c1ccnc(N2CCC(N3CCOCC3)CC2)c1. The Balaban J connectivity index is 1.25. The van der Waals surface area contributed by atoms with Gasteiger partial charge in [-0.2, -0.15) is 0 Å². The summed E-state index contributed by atoms with van der Waals surface area (Å²) in [6, 6.07) is 4.37. The molecule has 1 aromatic rings. The Hall–Kier alpha value is -1.74. The monoisotopic (exact) mass is 403 g/mol. The van der Waals surface area contributed by atoms with Crippen LogP contribution in [0.3, 0.4) is 0 Å². The zero-order valence-corrected chi connectivity index (χ0v) is 17.2. The molecule has 29 heavy (non-hydrogen) atoms. The van der Waals surface area contributed by atoms with Crippen LogP contribution in [0.4, 0.5) is 5.82 Å². The zero-order valence-electron chi connectivity index (χ0n) is 17.2. The number of piperidine rings is 1. The molecule has 1 amide bonds. The topological polar surface area (TPSA) is 70.2 Å². The molecule has 0 spiro atoms. The highest BCUT2D eigenvalue weighted by atomic mass is 16.5. The Morgan fingerprint density at radius 1 is 1.03 bits per heavy atom. The lowest BCUT2D eigenvalue weighted by Gasteiger charge is -2.40. The molecule has 1 N–H and O–H groups in total. The van der Waals surface area contributed by atoms with Gasteiger partial charge in [0.05, 0.1) is 26.4 Å². The van der Waals surface area contributed by atoms with Gasteiger partial charge in [0.1, 0.15) is 5.82 Å². The molecule has 0 bridgehead atoms. The van der Waals surface area contributed by atoms with Gasteiger partial charge in [0.15, 0.2) is 0 Å². The number of morpholine rings is 2. The molecule has 0 radical (unpaired) electrons. The van der Waals surface area contributed by atoms with E-state index >= 15 is 0 Å². The largest absolute Gasteiger partial charge is 0.379 e. The molecular formula is C21H33N5O3. The van der Waals surface area contributed by atoms with Gasteiger partial charge in [-0.25, -0.2) is 4.98 Å². The number of hydrogen-bond donors (Lipinski definition) is 1. The second-order valence-corrected chi connectivity index (χ2v) is 7.98. The first-order chi connectivity index (χ1) is 14.3. The summed E-state index contributed by atoms with van der Waals surface area (Å²) in [6.45, 7) is 10.7. The fourth-order valence-electron chi connectivity index (χ4n) is 4.39. The Kier molecular flexibility index (Phi) is 7.32. The number of anilines is 1. The molecule has 8 heteroatoms. The van der Waals surface area contributed by atoms with Crippen molar-refractivity contribution in [3.05, 3.63) is 23.9 Å². The van der Waals surface area contributed by atoms with Crippen molar-refractivity contribution in [3.8, 4) is 0 Å². The van der Waals surface area contributed by atoms with Gasteiger partial charge >= 0.3 is 0 Å². The van der Waals surface area contributed by atoms with Crippen LogP contribution >= 0.6 is 0 Å². The van der Waals surface area contributed by atoms with E-state index in [0.717, 1.165) is 90.9 Å². The maximum atomic E-state index is 12.6. The number of rotatable bonds is 6. The summed E-state index contributed by atoms with van der Waals surface area (Å²) in [6.07, 6.45) is 4.02. The molecular weight excluding hydrogens is 370 g/mol. The molecule has 3 fully saturated rings. The first-order valence-electron chi connectivity index (χ1n) is 10.9. The van der Waals surface area contributed by atoms with Crippen LogP contribution in [0.1, 0.15) is 23.2 Å². The molecule has 4 heterocycles. The number of carbonyl (C=O) groups excluding carboxylic acids is 1. The highest BCUT2D eigenvalue weighted by Crippen LogP contribution is 2.22. The minimum Gasteiger partial charge on any atom is -0.379 e. The van der Waals surface area contributed by atoms with E-state index in [4.69, 9.17) is 9.47 Å². The molecule has 4 rings (SSSR count). The average Bonchev–Trinajstić information content (AvgIpc) is 2.80. The van der Waals surface area contributed by atoms with E-state index in [9.17, 15) is 4.79 Å². The quantitative estimate of drug-likeness (QED) is 0.739. The summed E-state index contributed by atoms with van der Waals surface area (Å²) in [4.78, 5) is 24.3. The molecule has 0 unspecified atom stereocenters. The van der Waals surface area contributed by atoms with Gasteiger partial charge in [0.2, 0.25) is 0 Å². The fourth-order valence-corrected chi connectivity index (χ4v) is 4.39. The predicted octanol–water partition coefficient (Wildman–Crippen LogP) is 0.445. The maximum absolute atomic E-state index is 12.6. The number of ether oxygens (including phenoxy) is 2. The number of hydrogen-bond acceptors (Lipinski definition) is 7. The van der Waals surface area contributed by atoms with Crippen molar-refractivity contribution < 1.29 is 14.3 Å². The molecule has 3 saturated heterocycles. The van der Waals surface area contributed by atoms with Crippen LogP contribution in [0.2, 0.25) is 0 Å². The summed E-state index contributed by atoms with van der Waals surface area (Å²) in [7, 11) is 0. The van der Waals surface area contributed by atoms with Crippen molar-refractivity contribution in [1.29, 1.82) is 0 Å². The number of carbonyl (C=O) groups is 1. The van der Waals surface area contributed by atoms with E-state index in [-0.39, 0.29) is 5.91 Å². The predicted molar refractivity (Wildman–Crippen MR) is 111 cm³/mol. The van der Waals surface area contributed by atoms with Crippen LogP contribution in [0.25, 0.3) is 0 Å². The molecule has 3 aliphatic rings. The fraction of sp³-hybridized carbons (Fsp3) is 0.714. The van der Waals surface area contributed by atoms with Gasteiger partial charge < -0.3 is 19.7 Å². The van der Waals surface area contributed by atoms with Gasteiger partial charge in [-0.3, -0.25) is 14.6 Å². The van der Waals surface area contributed by atoms with Crippen LogP contribution < -0.4 is 10.2 Å². The van der Waals surface area contributed by atoms with Crippen molar-refractivity contribution in [1.82, 2.24) is 20.1 Å². The normalized spacial score (nSPS) is 22.6. The lowest BCUT2D eigenvalue weighted by molar-refractivity contribution is 0.0115. The van der Waals surface area contributed by atoms with Gasteiger partial charge in [-0.1, -0.05) is 0 Å². The summed E-state index contributed by atoms with van der Waals surface area (Å²) in [5.41, 5.74) is 0.687. The second-order valence-electron chi connectivity index (χ2n) is 7.98. The van der Waals surface area contributed by atoms with Gasteiger partial charge in [-0.05, 0) is 25.0 Å². The first kappa shape index (κ1) is 20.5. The summed E-state index contributed by atoms with van der Waals surface area (Å²) < 4.78 is 10.8. The Labute approximate surface area is 173 Å². The molecule has 0 aromatic carbocycles. The Bertz CT molecular complexity index is 653. The molecule has 0 atom stereocenters. The average molecular weight is 404 g/mol. The minimum absolute atomic E-state index is 0.0230. The van der Waals surface area contributed by atoms with E-state index in [1.165, 1.54) is 0 Å². The molecule has 0 aliphatic carbocycles. The highest BCUT2D eigenvalue weighted by Gasteiger charge is 2.26. The first-order valence-corrected chi connectivity index (χ1v) is 10.9. The highest BCUT2D eigenvalue weighted by molar-refractivity contribution is 5.94. The number of aromatic nitrogens is 1. The smallest absolute Gasteiger partial charge is 0.251 e. The second kappa shape index (κ2) is 10.3. The summed E-state index contributed by atoms with van der Waals surface area (Å²) >= 11 is 0. The summed E-state index contributed by atoms with van der Waals surface area (Å²) in [5.74, 6) is 0.886. The lowest BCUT2D eigenvalue weighted by atomic mass is 10.0. The lowest BCUT2D eigenvalue weighted by Crippen LogP contribution is -2.49. The zero-order chi connectivity index (χ0) is 19.9. The van der Waals surface area contributed by atoms with Crippen molar-refractivity contribution in [2.45, 2.75) is 18.9 Å². The minimum atomic E-state index is -0.0230.